The number of hydrogen-bond acceptors (Lipinski definition) is 2. The molecule has 21 heavy (non-hydrogen) atoms. The maximum atomic E-state index is 13.2. The number of hydrogen-bond donors (Lipinski definition) is 0. The molecule has 0 aliphatic rings. The maximum Gasteiger partial charge on any atom is 0.202 e. The van der Waals surface area contributed by atoms with Crippen LogP contribution in [0.1, 0.15) is 16.1 Å². The van der Waals surface area contributed by atoms with Gasteiger partial charge in [-0.05, 0) is 61.7 Å². The van der Waals surface area contributed by atoms with E-state index in [1.54, 1.807) is 18.2 Å². The van der Waals surface area contributed by atoms with Crippen LogP contribution < -0.4 is 0 Å². The van der Waals surface area contributed by atoms with Crippen LogP contribution in [0.15, 0.2) is 55.8 Å². The molecule has 3 rings (SSSR count). The highest BCUT2D eigenvalue weighted by Gasteiger charge is 2.15. The zero-order chi connectivity index (χ0) is 15.0. The topological polar surface area (TPSA) is 30.2 Å². The molecule has 3 aromatic rings. The molecule has 0 spiro atoms. The third-order valence-corrected chi connectivity index (χ3v) is 4.35. The Morgan fingerprint density at radius 3 is 2.62 bits per heavy atom. The van der Waals surface area contributed by atoms with Crippen molar-refractivity contribution >= 4 is 48.6 Å². The van der Waals surface area contributed by atoms with Crippen LogP contribution >= 0.6 is 31.9 Å². The summed E-state index contributed by atoms with van der Waals surface area (Å²) in [5.74, 6) is -0.187. The van der Waals surface area contributed by atoms with Gasteiger partial charge in [-0.2, -0.15) is 0 Å². The number of carbonyl (C=O) groups is 1. The lowest BCUT2D eigenvalue weighted by molar-refractivity contribution is 0.0968. The van der Waals surface area contributed by atoms with Crippen LogP contribution in [0.2, 0.25) is 0 Å². The van der Waals surface area contributed by atoms with E-state index in [4.69, 9.17) is 4.42 Å². The summed E-state index contributed by atoms with van der Waals surface area (Å²) in [7, 11) is 0. The summed E-state index contributed by atoms with van der Waals surface area (Å²) in [6.45, 7) is 0. The molecule has 0 saturated carbocycles. The van der Waals surface area contributed by atoms with Crippen molar-refractivity contribution in [2.45, 2.75) is 6.42 Å². The Kier molecular flexibility index (Phi) is 3.95. The third kappa shape index (κ3) is 2.94. The van der Waals surface area contributed by atoms with Crippen molar-refractivity contribution in [3.8, 4) is 0 Å². The Balaban J connectivity index is 1.90. The number of benzene rings is 2. The second-order valence-corrected chi connectivity index (χ2v) is 6.33. The van der Waals surface area contributed by atoms with Crippen molar-refractivity contribution < 1.29 is 13.6 Å². The fourth-order valence-corrected chi connectivity index (χ4v) is 2.98. The minimum Gasteiger partial charge on any atom is -0.452 e. The Labute approximate surface area is 137 Å². The van der Waals surface area contributed by atoms with Crippen LogP contribution in [0.25, 0.3) is 11.0 Å². The number of rotatable bonds is 3. The molecule has 0 bridgehead atoms. The van der Waals surface area contributed by atoms with Gasteiger partial charge in [0.15, 0.2) is 5.76 Å². The number of ketones is 1. The van der Waals surface area contributed by atoms with Gasteiger partial charge in [-0.1, -0.05) is 18.2 Å². The fraction of sp³-hybridized carbons (Fsp3) is 0.0625. The highest BCUT2D eigenvalue weighted by molar-refractivity contribution is 9.11. The van der Waals surface area contributed by atoms with E-state index in [1.165, 1.54) is 6.07 Å². The lowest BCUT2D eigenvalue weighted by Crippen LogP contribution is -2.02. The van der Waals surface area contributed by atoms with Gasteiger partial charge < -0.3 is 4.42 Å². The smallest absolute Gasteiger partial charge is 0.202 e. The number of Topliss-reactive ketones (excluding diaryl/α,β-unsaturated/α-hetero) is 1. The molecule has 106 valence electrons. The Morgan fingerprint density at radius 2 is 1.90 bits per heavy atom. The van der Waals surface area contributed by atoms with Crippen LogP contribution in [0, 0.1) is 5.82 Å². The van der Waals surface area contributed by atoms with E-state index in [9.17, 15) is 9.18 Å². The van der Waals surface area contributed by atoms with Crippen LogP contribution in [-0.2, 0) is 6.42 Å². The third-order valence-electron chi connectivity index (χ3n) is 3.12. The fourth-order valence-electron chi connectivity index (χ4n) is 2.09. The molecule has 0 radical (unpaired) electrons. The molecule has 1 aromatic heterocycles. The Bertz CT molecular complexity index is 839. The van der Waals surface area contributed by atoms with Crippen molar-refractivity contribution in [3.63, 3.8) is 0 Å². The average Bonchev–Trinajstić information content (AvgIpc) is 2.89. The second-order valence-electron chi connectivity index (χ2n) is 4.62. The standard InChI is InChI=1S/C16H9Br2FO2/c17-11-3-1-2-10-8-15(21-16(10)11)14(20)7-9-4-5-13(19)12(18)6-9/h1-6,8H,7H2. The molecular weight excluding hydrogens is 403 g/mol. The average molecular weight is 412 g/mol. The molecule has 0 unspecified atom stereocenters. The van der Waals surface area contributed by atoms with E-state index in [-0.39, 0.29) is 18.0 Å². The van der Waals surface area contributed by atoms with Gasteiger partial charge in [0.1, 0.15) is 11.4 Å². The van der Waals surface area contributed by atoms with E-state index in [0.717, 1.165) is 15.4 Å². The van der Waals surface area contributed by atoms with Crippen molar-refractivity contribution in [1.29, 1.82) is 0 Å². The van der Waals surface area contributed by atoms with Gasteiger partial charge in [-0.3, -0.25) is 4.79 Å². The van der Waals surface area contributed by atoms with E-state index in [2.05, 4.69) is 31.9 Å². The van der Waals surface area contributed by atoms with E-state index in [0.29, 0.717) is 15.8 Å². The zero-order valence-electron chi connectivity index (χ0n) is 10.7. The first-order valence-electron chi connectivity index (χ1n) is 6.20. The van der Waals surface area contributed by atoms with E-state index >= 15 is 0 Å². The van der Waals surface area contributed by atoms with E-state index in [1.807, 2.05) is 18.2 Å². The summed E-state index contributed by atoms with van der Waals surface area (Å²) in [4.78, 5) is 12.3. The van der Waals surface area contributed by atoms with Gasteiger partial charge in [-0.25, -0.2) is 4.39 Å². The molecular formula is C16H9Br2FO2. The first-order valence-corrected chi connectivity index (χ1v) is 7.78. The number of para-hydroxylation sites is 1. The molecule has 0 amide bonds. The molecule has 0 atom stereocenters. The van der Waals surface area contributed by atoms with Crippen LogP contribution in [-0.4, -0.2) is 5.78 Å². The van der Waals surface area contributed by atoms with Crippen LogP contribution in [0.5, 0.6) is 0 Å². The lowest BCUT2D eigenvalue weighted by Gasteiger charge is -2.01. The monoisotopic (exact) mass is 410 g/mol. The van der Waals surface area contributed by atoms with Crippen molar-refractivity contribution in [1.82, 2.24) is 0 Å². The SMILES string of the molecule is O=C(Cc1ccc(F)c(Br)c1)c1cc2cccc(Br)c2o1. The first-order chi connectivity index (χ1) is 10.0. The highest BCUT2D eigenvalue weighted by Crippen LogP contribution is 2.27. The minimum absolute atomic E-state index is 0.142. The van der Waals surface area contributed by atoms with Crippen LogP contribution in [0.3, 0.4) is 0 Å². The molecule has 2 nitrogen and oxygen atoms in total. The Hall–Kier alpha value is -1.46. The molecule has 0 aliphatic heterocycles. The second kappa shape index (κ2) is 5.73. The van der Waals surface area contributed by atoms with Gasteiger partial charge in [0.2, 0.25) is 5.78 Å². The molecule has 0 aliphatic carbocycles. The summed E-state index contributed by atoms with van der Waals surface area (Å²) >= 11 is 6.50. The first kappa shape index (κ1) is 14.5. The molecule has 0 saturated heterocycles. The largest absolute Gasteiger partial charge is 0.452 e. The molecule has 5 heteroatoms. The van der Waals surface area contributed by atoms with Gasteiger partial charge >= 0.3 is 0 Å². The summed E-state index contributed by atoms with van der Waals surface area (Å²) in [6.07, 6.45) is 0.163. The number of halogens is 3. The van der Waals surface area contributed by atoms with Crippen LogP contribution in [0.4, 0.5) is 4.39 Å². The number of carbonyl (C=O) groups excluding carboxylic acids is 1. The maximum absolute atomic E-state index is 13.2. The molecule has 0 N–H and O–H groups in total. The zero-order valence-corrected chi connectivity index (χ0v) is 13.9. The van der Waals surface area contributed by atoms with Gasteiger partial charge in [-0.15, -0.1) is 0 Å². The van der Waals surface area contributed by atoms with Crippen molar-refractivity contribution in [2.24, 2.45) is 0 Å². The number of fused-ring (bicyclic) bond motifs is 1. The number of furan rings is 1. The quantitative estimate of drug-likeness (QED) is 0.531. The van der Waals surface area contributed by atoms with Crippen molar-refractivity contribution in [2.75, 3.05) is 0 Å². The lowest BCUT2D eigenvalue weighted by atomic mass is 10.1. The van der Waals surface area contributed by atoms with Gasteiger partial charge in [0, 0.05) is 11.8 Å². The summed E-state index contributed by atoms with van der Waals surface area (Å²) in [5.41, 5.74) is 1.38. The summed E-state index contributed by atoms with van der Waals surface area (Å²) in [5, 5.41) is 0.869. The van der Waals surface area contributed by atoms with E-state index < -0.39 is 0 Å². The predicted molar refractivity (Wildman–Crippen MR) is 86.0 cm³/mol. The molecule has 1 heterocycles. The summed E-state index contributed by atoms with van der Waals surface area (Å²) < 4.78 is 19.9. The van der Waals surface area contributed by atoms with Gasteiger partial charge in [0.05, 0.1) is 8.95 Å². The normalized spacial score (nSPS) is 11.0. The summed E-state index contributed by atoms with van der Waals surface area (Å²) in [6, 6.07) is 11.9. The highest BCUT2D eigenvalue weighted by atomic mass is 79.9. The Morgan fingerprint density at radius 1 is 1.10 bits per heavy atom. The van der Waals surface area contributed by atoms with Gasteiger partial charge in [0.25, 0.3) is 0 Å². The molecule has 2 aromatic carbocycles. The minimum atomic E-state index is -0.348. The molecule has 0 fully saturated rings. The van der Waals surface area contributed by atoms with Crippen molar-refractivity contribution in [3.05, 3.63) is 68.6 Å². The predicted octanol–water partition coefficient (Wildman–Crippen LogP) is 5.52.